The van der Waals surface area contributed by atoms with E-state index >= 15 is 0 Å². The number of benzene rings is 1. The maximum absolute atomic E-state index is 12.4. The van der Waals surface area contributed by atoms with Crippen molar-refractivity contribution >= 4 is 16.0 Å². The Morgan fingerprint density at radius 1 is 1.38 bits per heavy atom. The highest BCUT2D eigenvalue weighted by atomic mass is 32.2. The number of carbonyl (C=O) groups is 1. The highest BCUT2D eigenvalue weighted by Crippen LogP contribution is 2.21. The quantitative estimate of drug-likeness (QED) is 0.666. The van der Waals surface area contributed by atoms with E-state index in [9.17, 15) is 13.2 Å². The number of hydrogen-bond donors (Lipinski definition) is 3. The molecule has 21 heavy (non-hydrogen) atoms. The molecular weight excluding hydrogens is 298 g/mol. The summed E-state index contributed by atoms with van der Waals surface area (Å²) in [6.07, 6.45) is 0. The molecule has 0 spiro atoms. The molecule has 7 nitrogen and oxygen atoms in total. The van der Waals surface area contributed by atoms with Crippen molar-refractivity contribution in [3.63, 3.8) is 0 Å². The molecule has 0 aliphatic heterocycles. The van der Waals surface area contributed by atoms with Crippen molar-refractivity contribution in [1.82, 2.24) is 4.72 Å². The second-order valence-electron chi connectivity index (χ2n) is 4.68. The van der Waals surface area contributed by atoms with Crippen LogP contribution >= 0.6 is 0 Å². The maximum Gasteiger partial charge on any atom is 0.335 e. The molecular formula is C13H19NO6S. The van der Waals surface area contributed by atoms with Crippen LogP contribution in [0.15, 0.2) is 17.0 Å². The van der Waals surface area contributed by atoms with Crippen molar-refractivity contribution in [3.05, 3.63) is 28.8 Å². The van der Waals surface area contributed by atoms with Crippen LogP contribution in [0.3, 0.4) is 0 Å². The van der Waals surface area contributed by atoms with Crippen LogP contribution in [0.1, 0.15) is 21.5 Å². The minimum absolute atomic E-state index is 0.00633. The van der Waals surface area contributed by atoms with Crippen LogP contribution in [0.2, 0.25) is 0 Å². The van der Waals surface area contributed by atoms with E-state index in [2.05, 4.69) is 4.72 Å². The number of methoxy groups -OCH3 is 1. The SMILES string of the molecule is COCC(CO)NS(=O)(=O)c1cc(C(=O)O)cc(C)c1C. The van der Waals surface area contributed by atoms with Crippen molar-refractivity contribution in [2.24, 2.45) is 0 Å². The van der Waals surface area contributed by atoms with Gasteiger partial charge in [0, 0.05) is 7.11 Å². The lowest BCUT2D eigenvalue weighted by molar-refractivity contribution is 0.0696. The summed E-state index contributed by atoms with van der Waals surface area (Å²) in [4.78, 5) is 10.9. The summed E-state index contributed by atoms with van der Waals surface area (Å²) in [6.45, 7) is 2.81. The zero-order valence-electron chi connectivity index (χ0n) is 12.1. The molecule has 0 bridgehead atoms. The molecule has 1 aromatic rings. The lowest BCUT2D eigenvalue weighted by Crippen LogP contribution is -2.40. The molecule has 0 saturated carbocycles. The van der Waals surface area contributed by atoms with Crippen LogP contribution < -0.4 is 4.72 Å². The topological polar surface area (TPSA) is 113 Å². The zero-order chi connectivity index (χ0) is 16.2. The third-order valence-corrected chi connectivity index (χ3v) is 4.71. The molecule has 1 atom stereocenters. The second kappa shape index (κ2) is 6.99. The van der Waals surface area contributed by atoms with Gasteiger partial charge in [-0.3, -0.25) is 0 Å². The summed E-state index contributed by atoms with van der Waals surface area (Å²) < 4.78 is 31.8. The number of aromatic carboxylic acids is 1. The van der Waals surface area contributed by atoms with Gasteiger partial charge in [-0.25, -0.2) is 17.9 Å². The van der Waals surface area contributed by atoms with Crippen LogP contribution in [0.4, 0.5) is 0 Å². The van der Waals surface area contributed by atoms with E-state index in [0.717, 1.165) is 6.07 Å². The lowest BCUT2D eigenvalue weighted by atomic mass is 10.1. The van der Waals surface area contributed by atoms with E-state index in [1.165, 1.54) is 13.2 Å². The first kappa shape index (κ1) is 17.6. The molecule has 1 unspecified atom stereocenters. The minimum atomic E-state index is -3.96. The molecule has 0 heterocycles. The van der Waals surface area contributed by atoms with E-state index in [-0.39, 0.29) is 17.1 Å². The fourth-order valence-electron chi connectivity index (χ4n) is 1.84. The van der Waals surface area contributed by atoms with Crippen LogP contribution in [0.5, 0.6) is 0 Å². The zero-order valence-corrected chi connectivity index (χ0v) is 12.9. The Kier molecular flexibility index (Phi) is 5.85. The number of ether oxygens (including phenoxy) is 1. The average molecular weight is 317 g/mol. The summed E-state index contributed by atoms with van der Waals surface area (Å²) in [5.74, 6) is -1.20. The Morgan fingerprint density at radius 2 is 2.00 bits per heavy atom. The van der Waals surface area contributed by atoms with Crippen molar-refractivity contribution in [3.8, 4) is 0 Å². The first-order valence-corrected chi connectivity index (χ1v) is 7.68. The smallest absolute Gasteiger partial charge is 0.335 e. The van der Waals surface area contributed by atoms with Gasteiger partial charge >= 0.3 is 5.97 Å². The Morgan fingerprint density at radius 3 is 2.48 bits per heavy atom. The van der Waals surface area contributed by atoms with Gasteiger partial charge in [0.2, 0.25) is 10.0 Å². The van der Waals surface area contributed by atoms with E-state index < -0.39 is 28.6 Å². The number of rotatable bonds is 7. The first-order valence-electron chi connectivity index (χ1n) is 6.19. The number of carboxylic acids is 1. The van der Waals surface area contributed by atoms with E-state index in [1.54, 1.807) is 13.8 Å². The number of aliphatic hydroxyl groups excluding tert-OH is 1. The standard InChI is InChI=1S/C13H19NO6S/c1-8-4-10(13(16)17)5-12(9(8)2)21(18,19)14-11(6-15)7-20-3/h4-5,11,14-15H,6-7H2,1-3H3,(H,16,17). The van der Waals surface area contributed by atoms with E-state index in [4.69, 9.17) is 14.9 Å². The number of sulfonamides is 1. The molecule has 0 amide bonds. The van der Waals surface area contributed by atoms with Gasteiger partial charge < -0.3 is 14.9 Å². The monoisotopic (exact) mass is 317 g/mol. The highest BCUT2D eigenvalue weighted by Gasteiger charge is 2.23. The molecule has 118 valence electrons. The summed E-state index contributed by atoms with van der Waals surface area (Å²) in [7, 11) is -2.57. The fraction of sp³-hybridized carbons (Fsp3) is 0.462. The van der Waals surface area contributed by atoms with Crippen molar-refractivity contribution in [1.29, 1.82) is 0 Å². The normalized spacial score (nSPS) is 13.1. The van der Waals surface area contributed by atoms with Crippen LogP contribution in [0, 0.1) is 13.8 Å². The summed E-state index contributed by atoms with van der Waals surface area (Å²) in [5.41, 5.74) is 0.912. The number of hydrogen-bond acceptors (Lipinski definition) is 5. The molecule has 3 N–H and O–H groups in total. The third-order valence-electron chi connectivity index (χ3n) is 3.07. The lowest BCUT2D eigenvalue weighted by Gasteiger charge is -2.17. The molecule has 0 aliphatic carbocycles. The predicted octanol–water partition coefficient (Wildman–Crippen LogP) is 0.287. The number of aryl methyl sites for hydroxylation is 1. The molecule has 0 aliphatic rings. The van der Waals surface area contributed by atoms with Crippen molar-refractivity contribution in [2.75, 3.05) is 20.3 Å². The number of aliphatic hydroxyl groups is 1. The van der Waals surface area contributed by atoms with Gasteiger partial charge in [-0.1, -0.05) is 0 Å². The van der Waals surface area contributed by atoms with E-state index in [0.29, 0.717) is 11.1 Å². The summed E-state index contributed by atoms with van der Waals surface area (Å²) in [5, 5.41) is 18.2. The summed E-state index contributed by atoms with van der Waals surface area (Å²) in [6, 6.07) is 1.72. The van der Waals surface area contributed by atoms with Gasteiger partial charge in [0.15, 0.2) is 0 Å². The highest BCUT2D eigenvalue weighted by molar-refractivity contribution is 7.89. The van der Waals surface area contributed by atoms with Crippen LogP contribution in [-0.4, -0.2) is 51.0 Å². The van der Waals surface area contributed by atoms with Crippen molar-refractivity contribution in [2.45, 2.75) is 24.8 Å². The van der Waals surface area contributed by atoms with Gasteiger partial charge in [-0.15, -0.1) is 0 Å². The first-order chi connectivity index (χ1) is 9.72. The fourth-order valence-corrected chi connectivity index (χ4v) is 3.39. The van der Waals surface area contributed by atoms with Gasteiger partial charge in [-0.05, 0) is 37.1 Å². The molecule has 1 aromatic carbocycles. The van der Waals surface area contributed by atoms with Gasteiger partial charge in [0.25, 0.3) is 0 Å². The molecule has 1 rings (SSSR count). The van der Waals surface area contributed by atoms with Crippen molar-refractivity contribution < 1.29 is 28.2 Å². The average Bonchev–Trinajstić information content (AvgIpc) is 2.40. The number of nitrogens with one attached hydrogen (secondary N) is 1. The second-order valence-corrected chi connectivity index (χ2v) is 6.36. The van der Waals surface area contributed by atoms with Crippen LogP contribution in [-0.2, 0) is 14.8 Å². The summed E-state index contributed by atoms with van der Waals surface area (Å²) >= 11 is 0. The Balaban J connectivity index is 3.27. The molecule has 0 fully saturated rings. The maximum atomic E-state index is 12.4. The van der Waals surface area contributed by atoms with Gasteiger partial charge in [-0.2, -0.15) is 0 Å². The molecule has 8 heteroatoms. The largest absolute Gasteiger partial charge is 0.478 e. The molecule has 0 radical (unpaired) electrons. The minimum Gasteiger partial charge on any atom is -0.478 e. The van der Waals surface area contributed by atoms with Crippen LogP contribution in [0.25, 0.3) is 0 Å². The van der Waals surface area contributed by atoms with Gasteiger partial charge in [0.1, 0.15) is 0 Å². The van der Waals surface area contributed by atoms with E-state index in [1.807, 2.05) is 0 Å². The predicted molar refractivity (Wildman–Crippen MR) is 75.9 cm³/mol. The Hall–Kier alpha value is -1.48. The van der Waals surface area contributed by atoms with Gasteiger partial charge in [0.05, 0.1) is 29.7 Å². The Labute approximate surface area is 123 Å². The Bertz CT molecular complexity index is 626. The molecule has 0 aromatic heterocycles. The third kappa shape index (κ3) is 4.24. The number of carboxylic acid groups (broad SMARTS) is 1. The molecule has 0 saturated heterocycles.